The summed E-state index contributed by atoms with van der Waals surface area (Å²) in [4.78, 5) is 18.9. The first-order chi connectivity index (χ1) is 16.0. The van der Waals surface area contributed by atoms with Crippen LogP contribution >= 0.6 is 0 Å². The molecule has 1 fully saturated rings. The number of rotatable bonds is 4. The van der Waals surface area contributed by atoms with Gasteiger partial charge in [-0.2, -0.15) is 10.4 Å². The highest BCUT2D eigenvalue weighted by Crippen LogP contribution is 2.38. The second kappa shape index (κ2) is 8.31. The number of aromatic nitrogens is 3. The van der Waals surface area contributed by atoms with E-state index in [1.165, 1.54) is 24.5 Å². The Bertz CT molecular complexity index is 1390. The van der Waals surface area contributed by atoms with Crippen LogP contribution in [0.3, 0.4) is 0 Å². The zero-order valence-electron chi connectivity index (χ0n) is 17.4. The predicted octanol–water partition coefficient (Wildman–Crippen LogP) is 4.47. The van der Waals surface area contributed by atoms with Gasteiger partial charge in [-0.25, -0.2) is 18.3 Å². The maximum absolute atomic E-state index is 14.5. The molecule has 9 heteroatoms. The second-order valence-electron chi connectivity index (χ2n) is 7.79. The molecule has 0 spiro atoms. The third-order valence-electron chi connectivity index (χ3n) is 5.79. The average Bonchev–Trinajstić information content (AvgIpc) is 3.48. The van der Waals surface area contributed by atoms with Crippen molar-refractivity contribution in [2.45, 2.75) is 18.9 Å². The minimum absolute atomic E-state index is 0.253. The van der Waals surface area contributed by atoms with Crippen molar-refractivity contribution in [2.24, 2.45) is 0 Å². The van der Waals surface area contributed by atoms with Crippen LogP contribution in [-0.2, 0) is 0 Å². The maximum atomic E-state index is 14.5. The highest BCUT2D eigenvalue weighted by Gasteiger charge is 2.29. The van der Waals surface area contributed by atoms with Gasteiger partial charge in [0.05, 0.1) is 35.2 Å². The SMILES string of the molecule is N#Cc1ccc(NC(=O)c2cnn3ccc(N4CCC[C@@H]4c4cc(F)ccc4F)cc23)cn1. The Labute approximate surface area is 187 Å². The molecule has 4 heterocycles. The molecule has 1 amide bonds. The van der Waals surface area contributed by atoms with Gasteiger partial charge in [0.25, 0.3) is 5.91 Å². The lowest BCUT2D eigenvalue weighted by Crippen LogP contribution is -2.23. The van der Waals surface area contributed by atoms with E-state index in [0.29, 0.717) is 35.3 Å². The zero-order chi connectivity index (χ0) is 22.9. The highest BCUT2D eigenvalue weighted by atomic mass is 19.1. The molecular weight excluding hydrogens is 426 g/mol. The maximum Gasteiger partial charge on any atom is 0.259 e. The number of pyridine rings is 2. The third kappa shape index (κ3) is 3.87. The standard InChI is InChI=1S/C24H18F2N6O/c25-15-3-6-21(26)19(10-15)22-2-1-8-31(22)18-7-9-32-23(11-18)20(14-29-32)24(33)30-17-5-4-16(12-27)28-13-17/h3-7,9-11,13-14,22H,1-2,8H2,(H,30,33)/t22-/m1/s1. The number of carbonyl (C=O) groups is 1. The molecule has 33 heavy (non-hydrogen) atoms. The molecule has 5 rings (SSSR count). The summed E-state index contributed by atoms with van der Waals surface area (Å²) < 4.78 is 29.8. The number of benzene rings is 1. The molecule has 0 bridgehead atoms. The minimum Gasteiger partial charge on any atom is -0.364 e. The molecule has 1 atom stereocenters. The Hall–Kier alpha value is -4.32. The summed E-state index contributed by atoms with van der Waals surface area (Å²) in [6, 6.07) is 11.9. The van der Waals surface area contributed by atoms with Crippen molar-refractivity contribution in [3.05, 3.63) is 89.5 Å². The topological polar surface area (TPSA) is 86.3 Å². The van der Waals surface area contributed by atoms with Crippen molar-refractivity contribution >= 4 is 22.8 Å². The molecule has 7 nitrogen and oxygen atoms in total. The van der Waals surface area contributed by atoms with E-state index < -0.39 is 11.6 Å². The number of fused-ring (bicyclic) bond motifs is 1. The monoisotopic (exact) mass is 444 g/mol. The van der Waals surface area contributed by atoms with Gasteiger partial charge in [-0.3, -0.25) is 4.79 Å². The normalized spacial score (nSPS) is 15.5. The molecular formula is C24H18F2N6O. The number of nitriles is 1. The van der Waals surface area contributed by atoms with Gasteiger partial charge in [-0.05, 0) is 55.3 Å². The zero-order valence-corrected chi connectivity index (χ0v) is 17.4. The van der Waals surface area contributed by atoms with E-state index in [9.17, 15) is 13.6 Å². The van der Waals surface area contributed by atoms with Gasteiger partial charge < -0.3 is 10.2 Å². The van der Waals surface area contributed by atoms with E-state index in [2.05, 4.69) is 15.4 Å². The van der Waals surface area contributed by atoms with Gasteiger partial charge in [0, 0.05) is 24.0 Å². The first kappa shape index (κ1) is 20.6. The lowest BCUT2D eigenvalue weighted by molar-refractivity contribution is 0.102. The van der Waals surface area contributed by atoms with E-state index in [0.717, 1.165) is 24.2 Å². The molecule has 164 valence electrons. The quantitative estimate of drug-likeness (QED) is 0.502. The Morgan fingerprint density at radius 3 is 2.82 bits per heavy atom. The minimum atomic E-state index is -0.472. The van der Waals surface area contributed by atoms with Gasteiger partial charge in [0.2, 0.25) is 0 Å². The van der Waals surface area contributed by atoms with E-state index in [1.807, 2.05) is 23.1 Å². The molecule has 0 saturated carbocycles. The summed E-state index contributed by atoms with van der Waals surface area (Å²) in [6.07, 6.45) is 6.16. The van der Waals surface area contributed by atoms with Gasteiger partial charge in [-0.1, -0.05) is 0 Å². The number of halogens is 2. The number of carbonyl (C=O) groups excluding carboxylic acids is 1. The number of amides is 1. The predicted molar refractivity (Wildman–Crippen MR) is 118 cm³/mol. The van der Waals surface area contributed by atoms with Crippen molar-refractivity contribution < 1.29 is 13.6 Å². The first-order valence-electron chi connectivity index (χ1n) is 10.4. The fourth-order valence-corrected chi connectivity index (χ4v) is 4.22. The summed E-state index contributed by atoms with van der Waals surface area (Å²) >= 11 is 0. The number of nitrogens with zero attached hydrogens (tertiary/aromatic N) is 5. The van der Waals surface area contributed by atoms with E-state index in [4.69, 9.17) is 5.26 Å². The number of nitrogens with one attached hydrogen (secondary N) is 1. The largest absolute Gasteiger partial charge is 0.364 e. The van der Waals surface area contributed by atoms with Crippen LogP contribution in [-0.4, -0.2) is 27.0 Å². The molecule has 0 radical (unpaired) electrons. The highest BCUT2D eigenvalue weighted by molar-refractivity contribution is 6.09. The molecule has 1 aliphatic rings. The molecule has 1 saturated heterocycles. The molecule has 4 aromatic rings. The fraction of sp³-hybridized carbons (Fsp3) is 0.167. The van der Waals surface area contributed by atoms with E-state index in [1.54, 1.807) is 16.8 Å². The summed E-state index contributed by atoms with van der Waals surface area (Å²) in [6.45, 7) is 0.684. The number of hydrogen-bond donors (Lipinski definition) is 1. The van der Waals surface area contributed by atoms with Crippen LogP contribution in [0.5, 0.6) is 0 Å². The number of anilines is 2. The summed E-state index contributed by atoms with van der Waals surface area (Å²) in [5.74, 6) is -1.28. The smallest absolute Gasteiger partial charge is 0.259 e. The van der Waals surface area contributed by atoms with Gasteiger partial charge in [0.1, 0.15) is 23.4 Å². The van der Waals surface area contributed by atoms with Crippen molar-refractivity contribution in [1.82, 2.24) is 14.6 Å². The van der Waals surface area contributed by atoms with E-state index >= 15 is 0 Å². The Morgan fingerprint density at radius 2 is 2.03 bits per heavy atom. The fourth-order valence-electron chi connectivity index (χ4n) is 4.22. The Morgan fingerprint density at radius 1 is 1.15 bits per heavy atom. The van der Waals surface area contributed by atoms with Crippen molar-refractivity contribution in [2.75, 3.05) is 16.8 Å². The molecule has 1 N–H and O–H groups in total. The lowest BCUT2D eigenvalue weighted by atomic mass is 10.0. The lowest BCUT2D eigenvalue weighted by Gasteiger charge is -2.27. The molecule has 1 aliphatic heterocycles. The molecule has 3 aromatic heterocycles. The van der Waals surface area contributed by atoms with Crippen LogP contribution in [0.25, 0.3) is 5.52 Å². The Balaban J connectivity index is 1.46. The van der Waals surface area contributed by atoms with Crippen molar-refractivity contribution in [1.29, 1.82) is 5.26 Å². The van der Waals surface area contributed by atoms with E-state index in [-0.39, 0.29) is 17.6 Å². The number of hydrogen-bond acceptors (Lipinski definition) is 5. The van der Waals surface area contributed by atoms with Gasteiger partial charge in [0.15, 0.2) is 0 Å². The summed E-state index contributed by atoms with van der Waals surface area (Å²) in [7, 11) is 0. The average molecular weight is 444 g/mol. The van der Waals surface area contributed by atoms with Crippen LogP contribution in [0.15, 0.2) is 61.1 Å². The molecule has 0 aliphatic carbocycles. The molecule has 0 unspecified atom stereocenters. The summed E-state index contributed by atoms with van der Waals surface area (Å²) in [5.41, 5.74) is 2.76. The second-order valence-corrected chi connectivity index (χ2v) is 7.79. The van der Waals surface area contributed by atoms with Crippen LogP contribution in [0.4, 0.5) is 20.2 Å². The van der Waals surface area contributed by atoms with Crippen LogP contribution in [0.2, 0.25) is 0 Å². The Kier molecular flexibility index (Phi) is 5.18. The van der Waals surface area contributed by atoms with Crippen molar-refractivity contribution in [3.8, 4) is 6.07 Å². The third-order valence-corrected chi connectivity index (χ3v) is 5.79. The molecule has 1 aromatic carbocycles. The van der Waals surface area contributed by atoms with Crippen LogP contribution in [0, 0.1) is 23.0 Å². The van der Waals surface area contributed by atoms with Gasteiger partial charge >= 0.3 is 0 Å². The first-order valence-corrected chi connectivity index (χ1v) is 10.4. The van der Waals surface area contributed by atoms with Crippen molar-refractivity contribution in [3.63, 3.8) is 0 Å². The van der Waals surface area contributed by atoms with Gasteiger partial charge in [-0.15, -0.1) is 0 Å². The van der Waals surface area contributed by atoms with Crippen LogP contribution in [0.1, 0.15) is 40.5 Å². The summed E-state index contributed by atoms with van der Waals surface area (Å²) in [5, 5.41) is 15.9. The van der Waals surface area contributed by atoms with Crippen LogP contribution < -0.4 is 10.2 Å².